The highest BCUT2D eigenvalue weighted by Gasteiger charge is 2.24. The van der Waals surface area contributed by atoms with Crippen molar-refractivity contribution in [2.24, 2.45) is 4.99 Å². The fourth-order valence-electron chi connectivity index (χ4n) is 3.63. The van der Waals surface area contributed by atoms with Gasteiger partial charge in [0.25, 0.3) is 5.91 Å². The van der Waals surface area contributed by atoms with E-state index in [9.17, 15) is 4.79 Å². The minimum Gasteiger partial charge on any atom is -0.492 e. The summed E-state index contributed by atoms with van der Waals surface area (Å²) in [5.41, 5.74) is 2.69. The van der Waals surface area contributed by atoms with Gasteiger partial charge in [0.2, 0.25) is 0 Å². The Morgan fingerprint density at radius 3 is 2.61 bits per heavy atom. The lowest BCUT2D eigenvalue weighted by atomic mass is 10.1. The molecule has 5 rings (SSSR count). The van der Waals surface area contributed by atoms with Crippen molar-refractivity contribution in [3.8, 4) is 5.75 Å². The summed E-state index contributed by atoms with van der Waals surface area (Å²) in [5.74, 6) is 0.677. The molecule has 1 saturated heterocycles. The molecule has 0 radical (unpaired) electrons. The molecule has 33 heavy (non-hydrogen) atoms. The monoisotopic (exact) mass is 473 g/mol. The molecule has 1 fully saturated rings. The van der Waals surface area contributed by atoms with Gasteiger partial charge in [0.15, 0.2) is 5.17 Å². The first kappa shape index (κ1) is 21.4. The van der Waals surface area contributed by atoms with Crippen molar-refractivity contribution in [2.45, 2.75) is 6.54 Å². The Balaban J connectivity index is 1.38. The molecule has 0 spiro atoms. The van der Waals surface area contributed by atoms with Crippen molar-refractivity contribution in [1.29, 1.82) is 0 Å². The number of hydrogen-bond donors (Lipinski definition) is 1. The number of amidine groups is 1. The quantitative estimate of drug-likeness (QED) is 0.336. The molecule has 3 aromatic carbocycles. The van der Waals surface area contributed by atoms with E-state index in [-0.39, 0.29) is 5.91 Å². The van der Waals surface area contributed by atoms with Crippen molar-refractivity contribution >= 4 is 57.1 Å². The molecule has 0 atom stereocenters. The Kier molecular flexibility index (Phi) is 6.19. The van der Waals surface area contributed by atoms with E-state index >= 15 is 0 Å². The van der Waals surface area contributed by atoms with Crippen molar-refractivity contribution in [3.63, 3.8) is 0 Å². The average Bonchev–Trinajstić information content (AvgIpc) is 3.36. The van der Waals surface area contributed by atoms with Crippen LogP contribution in [0.3, 0.4) is 0 Å². The van der Waals surface area contributed by atoms with Gasteiger partial charge in [-0.25, -0.2) is 4.99 Å². The Morgan fingerprint density at radius 2 is 1.76 bits per heavy atom. The first-order chi connectivity index (χ1) is 16.2. The minimum absolute atomic E-state index is 0.171. The molecule has 0 bridgehead atoms. The van der Waals surface area contributed by atoms with E-state index in [1.807, 2.05) is 66.7 Å². The molecular formula is C26H20ClN3O2S. The highest BCUT2D eigenvalue weighted by atomic mass is 35.5. The molecule has 1 aliphatic heterocycles. The molecule has 0 unspecified atom stereocenters. The molecule has 1 N–H and O–H groups in total. The third-order valence-electron chi connectivity index (χ3n) is 5.18. The fraction of sp³-hybridized carbons (Fsp3) is 0.0769. The van der Waals surface area contributed by atoms with Crippen LogP contribution >= 0.6 is 23.4 Å². The van der Waals surface area contributed by atoms with Gasteiger partial charge in [-0.3, -0.25) is 4.79 Å². The number of thioether (sulfide) groups is 1. The summed E-state index contributed by atoms with van der Waals surface area (Å²) in [6, 6.07) is 25.2. The second-order valence-electron chi connectivity index (χ2n) is 7.39. The minimum atomic E-state index is -0.171. The summed E-state index contributed by atoms with van der Waals surface area (Å²) in [4.78, 5) is 17.7. The first-order valence-corrected chi connectivity index (χ1v) is 11.7. The predicted molar refractivity (Wildman–Crippen MR) is 136 cm³/mol. The standard InChI is InChI=1S/C26H20ClN3O2S/c27-21-11-5-6-12-22(21)28-26-29-25(31)24(33-26)16-18-17-30(23-13-7-4-10-20(18)23)14-15-32-19-8-2-1-3-9-19/h1-13,16-17H,14-15H2,(H,28,29,31)/b24-16+. The van der Waals surface area contributed by atoms with E-state index in [0.29, 0.717) is 33.9 Å². The van der Waals surface area contributed by atoms with Crippen LogP contribution in [0.15, 0.2) is 95.0 Å². The number of nitrogens with one attached hydrogen (secondary N) is 1. The number of aliphatic imine (C=N–C) groups is 1. The number of carbonyl (C=O) groups excluding carboxylic acids is 1. The second-order valence-corrected chi connectivity index (χ2v) is 8.83. The largest absolute Gasteiger partial charge is 0.492 e. The van der Waals surface area contributed by atoms with Gasteiger partial charge in [-0.1, -0.05) is 60.1 Å². The van der Waals surface area contributed by atoms with Crippen LogP contribution in [-0.4, -0.2) is 22.2 Å². The topological polar surface area (TPSA) is 55.6 Å². The van der Waals surface area contributed by atoms with Crippen LogP contribution in [0.4, 0.5) is 5.69 Å². The Bertz CT molecular complexity index is 1380. The predicted octanol–water partition coefficient (Wildman–Crippen LogP) is 6.27. The molecule has 1 aliphatic rings. The van der Waals surface area contributed by atoms with Gasteiger partial charge in [0, 0.05) is 22.7 Å². The number of fused-ring (bicyclic) bond motifs is 1. The van der Waals surface area contributed by atoms with Gasteiger partial charge >= 0.3 is 0 Å². The number of nitrogens with zero attached hydrogens (tertiary/aromatic N) is 2. The molecule has 4 aromatic rings. The number of halogens is 1. The van der Waals surface area contributed by atoms with E-state index in [1.54, 1.807) is 6.07 Å². The van der Waals surface area contributed by atoms with E-state index in [0.717, 1.165) is 22.2 Å². The molecule has 2 heterocycles. The fourth-order valence-corrected chi connectivity index (χ4v) is 4.63. The molecular weight excluding hydrogens is 454 g/mol. The zero-order valence-electron chi connectivity index (χ0n) is 17.6. The molecule has 1 aromatic heterocycles. The number of carbonyl (C=O) groups is 1. The van der Waals surface area contributed by atoms with E-state index < -0.39 is 0 Å². The highest BCUT2D eigenvalue weighted by Crippen LogP contribution is 2.32. The van der Waals surface area contributed by atoms with Crippen LogP contribution in [0.1, 0.15) is 5.56 Å². The van der Waals surface area contributed by atoms with E-state index in [4.69, 9.17) is 16.3 Å². The second kappa shape index (κ2) is 9.57. The Morgan fingerprint density at radius 1 is 1.00 bits per heavy atom. The van der Waals surface area contributed by atoms with Gasteiger partial charge in [-0.05, 0) is 48.2 Å². The van der Waals surface area contributed by atoms with Crippen molar-refractivity contribution in [2.75, 3.05) is 6.61 Å². The van der Waals surface area contributed by atoms with Gasteiger partial charge in [-0.2, -0.15) is 0 Å². The third-order valence-corrected chi connectivity index (χ3v) is 6.40. The number of aromatic nitrogens is 1. The van der Waals surface area contributed by atoms with Gasteiger partial charge < -0.3 is 14.6 Å². The van der Waals surface area contributed by atoms with E-state index in [2.05, 4.69) is 33.2 Å². The molecule has 0 aliphatic carbocycles. The zero-order chi connectivity index (χ0) is 22.6. The highest BCUT2D eigenvalue weighted by molar-refractivity contribution is 8.18. The number of amides is 1. The van der Waals surface area contributed by atoms with Crippen LogP contribution in [-0.2, 0) is 11.3 Å². The average molecular weight is 474 g/mol. The normalized spacial score (nSPS) is 16.0. The lowest BCUT2D eigenvalue weighted by Crippen LogP contribution is -2.19. The summed E-state index contributed by atoms with van der Waals surface area (Å²) in [5, 5.41) is 4.96. The van der Waals surface area contributed by atoms with Crippen LogP contribution in [0.25, 0.3) is 17.0 Å². The summed E-state index contributed by atoms with van der Waals surface area (Å²) < 4.78 is 8.02. The van der Waals surface area contributed by atoms with E-state index in [1.165, 1.54) is 11.8 Å². The third kappa shape index (κ3) is 4.82. The Hall–Kier alpha value is -3.48. The number of para-hydroxylation sites is 3. The summed E-state index contributed by atoms with van der Waals surface area (Å²) in [7, 11) is 0. The van der Waals surface area contributed by atoms with Gasteiger partial charge in [-0.15, -0.1) is 0 Å². The maximum absolute atomic E-state index is 12.6. The maximum Gasteiger partial charge on any atom is 0.264 e. The molecule has 7 heteroatoms. The number of hydrogen-bond acceptors (Lipinski definition) is 4. The maximum atomic E-state index is 12.6. The SMILES string of the molecule is O=C1NC(=Nc2ccccc2Cl)S/C1=C/c1cn(CCOc2ccccc2)c2ccccc12. The molecule has 5 nitrogen and oxygen atoms in total. The van der Waals surface area contributed by atoms with Crippen LogP contribution in [0.5, 0.6) is 5.75 Å². The molecule has 164 valence electrons. The van der Waals surface area contributed by atoms with Crippen molar-refractivity contribution in [3.05, 3.63) is 101 Å². The Labute approximate surface area is 200 Å². The summed E-state index contributed by atoms with van der Waals surface area (Å²) >= 11 is 7.51. The molecule has 0 saturated carbocycles. The number of ether oxygens (including phenoxy) is 1. The smallest absolute Gasteiger partial charge is 0.264 e. The number of benzene rings is 3. The van der Waals surface area contributed by atoms with Crippen LogP contribution in [0.2, 0.25) is 5.02 Å². The van der Waals surface area contributed by atoms with Crippen LogP contribution < -0.4 is 10.1 Å². The van der Waals surface area contributed by atoms with Crippen molar-refractivity contribution in [1.82, 2.24) is 9.88 Å². The van der Waals surface area contributed by atoms with Gasteiger partial charge in [0.1, 0.15) is 12.4 Å². The first-order valence-electron chi connectivity index (χ1n) is 10.5. The summed E-state index contributed by atoms with van der Waals surface area (Å²) in [6.45, 7) is 1.24. The molecule has 1 amide bonds. The van der Waals surface area contributed by atoms with Gasteiger partial charge in [0.05, 0.1) is 22.2 Å². The lowest BCUT2D eigenvalue weighted by Gasteiger charge is -2.08. The zero-order valence-corrected chi connectivity index (χ0v) is 19.1. The van der Waals surface area contributed by atoms with Crippen molar-refractivity contribution < 1.29 is 9.53 Å². The van der Waals surface area contributed by atoms with Crippen LogP contribution in [0, 0.1) is 0 Å². The summed E-state index contributed by atoms with van der Waals surface area (Å²) in [6.07, 6.45) is 3.97. The number of rotatable bonds is 6. The lowest BCUT2D eigenvalue weighted by molar-refractivity contribution is -0.115.